The number of likely N-dealkylation sites (tertiary alicyclic amines) is 1. The van der Waals surface area contributed by atoms with E-state index in [-0.39, 0.29) is 0 Å². The van der Waals surface area contributed by atoms with Gasteiger partial charge in [0.25, 0.3) is 0 Å². The molecule has 2 nitrogen and oxygen atoms in total. The zero-order valence-corrected chi connectivity index (χ0v) is 11.4. The minimum Gasteiger partial charge on any atom is -0.306 e. The Morgan fingerprint density at radius 3 is 2.41 bits per heavy atom. The standard InChI is InChI=1S/C14H27FN2/c1-16(2)14-6-8-17(9-7-14)11-12-4-3-5-13(15)10-12/h12-14H,3-11H2,1-2H3. The molecule has 0 aromatic rings. The van der Waals surface area contributed by atoms with E-state index >= 15 is 0 Å². The lowest BCUT2D eigenvalue weighted by molar-refractivity contribution is 0.105. The van der Waals surface area contributed by atoms with E-state index in [1.165, 1.54) is 32.4 Å². The average molecular weight is 242 g/mol. The maximum Gasteiger partial charge on any atom is 0.100 e. The first-order valence-corrected chi connectivity index (χ1v) is 7.18. The number of alkyl halides is 1. The molecule has 0 aromatic heterocycles. The van der Waals surface area contributed by atoms with Gasteiger partial charge in [-0.3, -0.25) is 0 Å². The molecular formula is C14H27FN2. The number of piperidine rings is 1. The van der Waals surface area contributed by atoms with Gasteiger partial charge >= 0.3 is 0 Å². The van der Waals surface area contributed by atoms with E-state index in [0.29, 0.717) is 5.92 Å². The van der Waals surface area contributed by atoms with Crippen LogP contribution in [0.25, 0.3) is 0 Å². The van der Waals surface area contributed by atoms with Crippen LogP contribution in [0.4, 0.5) is 4.39 Å². The predicted molar refractivity (Wildman–Crippen MR) is 70.0 cm³/mol. The van der Waals surface area contributed by atoms with E-state index in [1.54, 1.807) is 0 Å². The molecule has 3 heteroatoms. The van der Waals surface area contributed by atoms with Crippen molar-refractivity contribution in [3.8, 4) is 0 Å². The molecule has 0 spiro atoms. The van der Waals surface area contributed by atoms with Crippen LogP contribution in [0.15, 0.2) is 0 Å². The molecule has 0 bridgehead atoms. The van der Waals surface area contributed by atoms with Gasteiger partial charge in [-0.1, -0.05) is 6.42 Å². The normalized spacial score (nSPS) is 33.2. The molecule has 2 fully saturated rings. The number of hydrogen-bond donors (Lipinski definition) is 0. The van der Waals surface area contributed by atoms with E-state index < -0.39 is 6.17 Å². The Morgan fingerprint density at radius 1 is 1.12 bits per heavy atom. The van der Waals surface area contributed by atoms with Crippen molar-refractivity contribution in [2.24, 2.45) is 5.92 Å². The molecule has 0 N–H and O–H groups in total. The van der Waals surface area contributed by atoms with Crippen molar-refractivity contribution in [2.45, 2.75) is 50.7 Å². The van der Waals surface area contributed by atoms with Crippen LogP contribution in [0.3, 0.4) is 0 Å². The van der Waals surface area contributed by atoms with Gasteiger partial charge in [-0.2, -0.15) is 0 Å². The Kier molecular flexibility index (Phi) is 4.80. The second kappa shape index (κ2) is 6.14. The highest BCUT2D eigenvalue weighted by Crippen LogP contribution is 2.28. The molecule has 1 aliphatic heterocycles. The van der Waals surface area contributed by atoms with Crippen molar-refractivity contribution in [3.05, 3.63) is 0 Å². The summed E-state index contributed by atoms with van der Waals surface area (Å²) in [4.78, 5) is 4.90. The van der Waals surface area contributed by atoms with Crippen molar-refractivity contribution >= 4 is 0 Å². The van der Waals surface area contributed by atoms with E-state index in [1.807, 2.05) is 0 Å². The van der Waals surface area contributed by atoms with Crippen molar-refractivity contribution < 1.29 is 4.39 Å². The fraction of sp³-hybridized carbons (Fsp3) is 1.00. The molecule has 0 radical (unpaired) electrons. The third-order valence-electron chi connectivity index (χ3n) is 4.52. The molecule has 100 valence electrons. The number of hydrogen-bond acceptors (Lipinski definition) is 2. The topological polar surface area (TPSA) is 6.48 Å². The Balaban J connectivity index is 1.70. The minimum atomic E-state index is -0.520. The monoisotopic (exact) mass is 242 g/mol. The zero-order chi connectivity index (χ0) is 12.3. The Bertz CT molecular complexity index is 224. The van der Waals surface area contributed by atoms with E-state index in [0.717, 1.165) is 31.8 Å². The first-order chi connectivity index (χ1) is 8.15. The molecule has 2 unspecified atom stereocenters. The lowest BCUT2D eigenvalue weighted by Gasteiger charge is -2.37. The SMILES string of the molecule is CN(C)C1CCN(CC2CCCC(F)C2)CC1. The molecule has 17 heavy (non-hydrogen) atoms. The Labute approximate surface area is 105 Å². The van der Waals surface area contributed by atoms with Gasteiger partial charge in [0.05, 0.1) is 0 Å². The van der Waals surface area contributed by atoms with Crippen LogP contribution in [0, 0.1) is 5.92 Å². The summed E-state index contributed by atoms with van der Waals surface area (Å²) in [6.45, 7) is 3.55. The van der Waals surface area contributed by atoms with Crippen molar-refractivity contribution in [1.82, 2.24) is 9.80 Å². The number of halogens is 1. The van der Waals surface area contributed by atoms with E-state index in [4.69, 9.17) is 0 Å². The number of nitrogens with zero attached hydrogens (tertiary/aromatic N) is 2. The second-order valence-electron chi connectivity index (χ2n) is 6.13. The highest BCUT2D eigenvalue weighted by molar-refractivity contribution is 4.80. The van der Waals surface area contributed by atoms with Crippen LogP contribution in [-0.2, 0) is 0 Å². The van der Waals surface area contributed by atoms with E-state index in [2.05, 4.69) is 23.9 Å². The van der Waals surface area contributed by atoms with Crippen molar-refractivity contribution in [1.29, 1.82) is 0 Å². The van der Waals surface area contributed by atoms with Crippen LogP contribution < -0.4 is 0 Å². The van der Waals surface area contributed by atoms with Crippen molar-refractivity contribution in [2.75, 3.05) is 33.7 Å². The van der Waals surface area contributed by atoms with Gasteiger partial charge in [-0.25, -0.2) is 4.39 Å². The highest BCUT2D eigenvalue weighted by Gasteiger charge is 2.26. The summed E-state index contributed by atoms with van der Waals surface area (Å²) in [6.07, 6.45) is 5.99. The summed E-state index contributed by atoms with van der Waals surface area (Å²) < 4.78 is 13.3. The number of rotatable bonds is 3. The second-order valence-corrected chi connectivity index (χ2v) is 6.13. The summed E-state index contributed by atoms with van der Waals surface area (Å²) in [5.41, 5.74) is 0. The first kappa shape index (κ1) is 13.3. The predicted octanol–water partition coefficient (Wildman–Crippen LogP) is 2.54. The molecule has 1 saturated carbocycles. The van der Waals surface area contributed by atoms with Gasteiger partial charge in [0, 0.05) is 12.6 Å². The zero-order valence-electron chi connectivity index (χ0n) is 11.4. The lowest BCUT2D eigenvalue weighted by atomic mass is 9.87. The molecule has 1 aliphatic carbocycles. The van der Waals surface area contributed by atoms with Crippen molar-refractivity contribution in [3.63, 3.8) is 0 Å². The average Bonchev–Trinajstić information content (AvgIpc) is 2.29. The molecule has 1 heterocycles. The van der Waals surface area contributed by atoms with Gasteiger partial charge in [0.1, 0.15) is 6.17 Å². The summed E-state index contributed by atoms with van der Waals surface area (Å²) in [7, 11) is 4.35. The van der Waals surface area contributed by atoms with Crippen LogP contribution in [0.1, 0.15) is 38.5 Å². The van der Waals surface area contributed by atoms with Crippen LogP contribution in [-0.4, -0.2) is 55.7 Å². The molecule has 0 aromatic carbocycles. The Hall–Kier alpha value is -0.150. The summed E-state index contributed by atoms with van der Waals surface area (Å²) in [6, 6.07) is 0.756. The fourth-order valence-electron chi connectivity index (χ4n) is 3.37. The summed E-state index contributed by atoms with van der Waals surface area (Å²) in [5, 5.41) is 0. The molecule has 1 saturated heterocycles. The smallest absolute Gasteiger partial charge is 0.100 e. The summed E-state index contributed by atoms with van der Waals surface area (Å²) >= 11 is 0. The third kappa shape index (κ3) is 3.92. The maximum absolute atomic E-state index is 13.3. The highest BCUT2D eigenvalue weighted by atomic mass is 19.1. The molecule has 2 rings (SSSR count). The molecule has 2 aliphatic rings. The molecule has 0 amide bonds. The fourth-order valence-corrected chi connectivity index (χ4v) is 3.37. The van der Waals surface area contributed by atoms with Crippen LogP contribution in [0.2, 0.25) is 0 Å². The quantitative estimate of drug-likeness (QED) is 0.750. The minimum absolute atomic E-state index is 0.520. The molecule has 2 atom stereocenters. The largest absolute Gasteiger partial charge is 0.306 e. The van der Waals surface area contributed by atoms with Crippen LogP contribution >= 0.6 is 0 Å². The van der Waals surface area contributed by atoms with Gasteiger partial charge in [-0.15, -0.1) is 0 Å². The van der Waals surface area contributed by atoms with Gasteiger partial charge in [0.2, 0.25) is 0 Å². The van der Waals surface area contributed by atoms with Gasteiger partial charge < -0.3 is 9.80 Å². The van der Waals surface area contributed by atoms with Gasteiger partial charge in [0.15, 0.2) is 0 Å². The first-order valence-electron chi connectivity index (χ1n) is 7.18. The van der Waals surface area contributed by atoms with E-state index in [9.17, 15) is 4.39 Å². The lowest BCUT2D eigenvalue weighted by Crippen LogP contribution is -2.44. The Morgan fingerprint density at radius 2 is 1.82 bits per heavy atom. The molecular weight excluding hydrogens is 215 g/mol. The summed E-state index contributed by atoms with van der Waals surface area (Å²) in [5.74, 6) is 0.620. The maximum atomic E-state index is 13.3. The van der Waals surface area contributed by atoms with Gasteiger partial charge in [-0.05, 0) is 65.2 Å². The van der Waals surface area contributed by atoms with Crippen LogP contribution in [0.5, 0.6) is 0 Å². The third-order valence-corrected chi connectivity index (χ3v) is 4.52.